The molecule has 0 aliphatic carbocycles. The fraction of sp³-hybridized carbons (Fsp3) is 0.654. The third kappa shape index (κ3) is 11.3. The molecule has 0 bridgehead atoms. The van der Waals surface area contributed by atoms with Crippen molar-refractivity contribution in [1.29, 1.82) is 0 Å². The van der Waals surface area contributed by atoms with Gasteiger partial charge in [-0.05, 0) is 40.5 Å². The first-order valence-electron chi connectivity index (χ1n) is 12.7. The maximum absolute atomic E-state index is 12.8. The summed E-state index contributed by atoms with van der Waals surface area (Å²) in [5.41, 5.74) is 0. The van der Waals surface area contributed by atoms with Gasteiger partial charge in [0.15, 0.2) is 6.61 Å². The number of piperazine rings is 1. The number of unbranched alkanes of at least 4 members (excludes halogenated alkanes) is 9. The summed E-state index contributed by atoms with van der Waals surface area (Å²) in [5.74, 6) is -0.625. The molecule has 0 saturated carbocycles. The summed E-state index contributed by atoms with van der Waals surface area (Å²) in [6.45, 7) is 3.02. The van der Waals surface area contributed by atoms with Gasteiger partial charge in [0.25, 0.3) is 5.91 Å². The second-order valence-corrected chi connectivity index (χ2v) is 10.6. The van der Waals surface area contributed by atoms with Gasteiger partial charge < -0.3 is 19.7 Å². The third-order valence-corrected chi connectivity index (χ3v) is 7.13. The fourth-order valence-electron chi connectivity index (χ4n) is 4.02. The van der Waals surface area contributed by atoms with Gasteiger partial charge in [0.05, 0.1) is 17.5 Å². The minimum atomic E-state index is -0.881. The highest BCUT2D eigenvalue weighted by Gasteiger charge is 2.35. The van der Waals surface area contributed by atoms with Gasteiger partial charge in [0, 0.05) is 17.6 Å². The Morgan fingerprint density at radius 2 is 1.69 bits per heavy atom. The highest BCUT2D eigenvalue weighted by molar-refractivity contribution is 9.11. The first-order chi connectivity index (χ1) is 16.9. The van der Waals surface area contributed by atoms with Crippen molar-refractivity contribution in [3.05, 3.63) is 27.1 Å². The van der Waals surface area contributed by atoms with E-state index in [-0.39, 0.29) is 24.8 Å². The van der Waals surface area contributed by atoms with E-state index >= 15 is 0 Å². The molecule has 1 aliphatic heterocycles. The molecule has 1 fully saturated rings. The van der Waals surface area contributed by atoms with Gasteiger partial charge in [0.1, 0.15) is 11.8 Å². The minimum Gasteiger partial charge on any atom is -0.483 e. The Balaban J connectivity index is 1.68. The van der Waals surface area contributed by atoms with Gasteiger partial charge in [-0.15, -0.1) is 0 Å². The van der Waals surface area contributed by atoms with Gasteiger partial charge in [-0.25, -0.2) is 0 Å². The number of rotatable bonds is 16. The molecule has 1 aliphatic rings. The molecule has 0 radical (unpaired) electrons. The minimum absolute atomic E-state index is 0.155. The molecule has 35 heavy (non-hydrogen) atoms. The predicted octanol–water partition coefficient (Wildman–Crippen LogP) is 5.77. The highest BCUT2D eigenvalue weighted by atomic mass is 79.9. The second-order valence-electron chi connectivity index (χ2n) is 8.86. The van der Waals surface area contributed by atoms with Crippen LogP contribution in [0.15, 0.2) is 27.1 Å². The van der Waals surface area contributed by atoms with E-state index in [0.717, 1.165) is 23.7 Å². The van der Waals surface area contributed by atoms with Crippen molar-refractivity contribution in [2.24, 2.45) is 0 Å². The number of nitrogens with zero attached hydrogens (tertiary/aromatic N) is 1. The summed E-state index contributed by atoms with van der Waals surface area (Å²) in [5, 5.41) is 2.73. The molecule has 1 atom stereocenters. The Bertz CT molecular complexity index is 821. The van der Waals surface area contributed by atoms with Crippen LogP contribution in [-0.2, 0) is 19.1 Å². The number of nitrogens with one attached hydrogen (secondary N) is 1. The summed E-state index contributed by atoms with van der Waals surface area (Å²) in [4.78, 5) is 39.0. The number of halogens is 2. The average Bonchev–Trinajstić information content (AvgIpc) is 2.83. The van der Waals surface area contributed by atoms with Crippen molar-refractivity contribution in [3.63, 3.8) is 0 Å². The summed E-state index contributed by atoms with van der Waals surface area (Å²) < 4.78 is 12.6. The van der Waals surface area contributed by atoms with Crippen molar-refractivity contribution in [1.82, 2.24) is 10.2 Å². The largest absolute Gasteiger partial charge is 0.483 e. The van der Waals surface area contributed by atoms with Crippen LogP contribution in [-0.4, -0.2) is 55.0 Å². The van der Waals surface area contributed by atoms with Gasteiger partial charge in [-0.3, -0.25) is 14.4 Å². The molecule has 7 nitrogen and oxygen atoms in total. The molecular formula is C26H38Br2N2O5. The van der Waals surface area contributed by atoms with E-state index in [1.807, 2.05) is 12.1 Å². The molecule has 0 aromatic heterocycles. The Morgan fingerprint density at radius 1 is 1.03 bits per heavy atom. The number of hydrogen-bond donors (Lipinski definition) is 1. The van der Waals surface area contributed by atoms with Crippen molar-refractivity contribution >= 4 is 49.6 Å². The van der Waals surface area contributed by atoms with Crippen molar-refractivity contribution in [2.45, 2.75) is 83.6 Å². The van der Waals surface area contributed by atoms with E-state index in [4.69, 9.17) is 9.47 Å². The van der Waals surface area contributed by atoms with E-state index in [1.165, 1.54) is 49.8 Å². The van der Waals surface area contributed by atoms with Gasteiger partial charge in [0.2, 0.25) is 5.91 Å². The van der Waals surface area contributed by atoms with Crippen LogP contribution in [0.2, 0.25) is 0 Å². The van der Waals surface area contributed by atoms with Crippen LogP contribution in [0, 0.1) is 0 Å². The summed E-state index contributed by atoms with van der Waals surface area (Å²) in [7, 11) is 0. The summed E-state index contributed by atoms with van der Waals surface area (Å²) >= 11 is 6.77. The van der Waals surface area contributed by atoms with Gasteiger partial charge >= 0.3 is 5.97 Å². The Labute approximate surface area is 225 Å². The van der Waals surface area contributed by atoms with Crippen molar-refractivity contribution in [3.8, 4) is 5.75 Å². The molecule has 1 heterocycles. The smallest absolute Gasteiger partial charge is 0.308 e. The summed E-state index contributed by atoms with van der Waals surface area (Å²) in [6, 6.07) is 4.49. The van der Waals surface area contributed by atoms with Crippen LogP contribution in [0.3, 0.4) is 0 Å². The number of carbonyl (C=O) groups is 3. The molecule has 1 saturated heterocycles. The van der Waals surface area contributed by atoms with Crippen molar-refractivity contribution < 1.29 is 23.9 Å². The van der Waals surface area contributed by atoms with Crippen LogP contribution in [0.1, 0.15) is 77.6 Å². The van der Waals surface area contributed by atoms with Gasteiger partial charge in [-0.1, -0.05) is 80.6 Å². The van der Waals surface area contributed by atoms with E-state index in [2.05, 4.69) is 44.1 Å². The van der Waals surface area contributed by atoms with E-state index in [0.29, 0.717) is 29.9 Å². The fourth-order valence-corrected chi connectivity index (χ4v) is 5.18. The molecule has 1 unspecified atom stereocenters. The zero-order chi connectivity index (χ0) is 25.5. The lowest BCUT2D eigenvalue weighted by atomic mass is 10.1. The van der Waals surface area contributed by atoms with E-state index in [1.54, 1.807) is 6.07 Å². The molecule has 2 rings (SSSR count). The van der Waals surface area contributed by atoms with Crippen molar-refractivity contribution in [2.75, 3.05) is 26.3 Å². The molecule has 0 spiro atoms. The SMILES string of the molecule is CCCCCCCCCCCCOC(=O)CC1C(=O)NCCN1C(=O)COc1ccc(Br)cc1Br. The zero-order valence-corrected chi connectivity index (χ0v) is 23.8. The number of esters is 1. The number of hydrogen-bond acceptors (Lipinski definition) is 5. The molecule has 1 N–H and O–H groups in total. The molecule has 9 heteroatoms. The van der Waals surface area contributed by atoms with E-state index < -0.39 is 12.0 Å². The van der Waals surface area contributed by atoms with E-state index in [9.17, 15) is 14.4 Å². The number of ether oxygens (including phenoxy) is 2. The molecular weight excluding hydrogens is 580 g/mol. The number of carbonyl (C=O) groups excluding carboxylic acids is 3. The molecule has 196 valence electrons. The Hall–Kier alpha value is -1.61. The van der Waals surface area contributed by atoms with Crippen LogP contribution < -0.4 is 10.1 Å². The standard InChI is InChI=1S/C26H38Br2N2O5/c1-2-3-4-5-6-7-8-9-10-11-16-34-25(32)18-22-26(33)29-14-15-30(22)24(31)19-35-23-13-12-20(27)17-21(23)28/h12-13,17,22H,2-11,14-16,18-19H2,1H3,(H,29,33). The number of amides is 2. The third-order valence-electron chi connectivity index (χ3n) is 6.02. The van der Waals surface area contributed by atoms with Crippen LogP contribution in [0.4, 0.5) is 0 Å². The first kappa shape index (κ1) is 29.6. The van der Waals surface area contributed by atoms with Gasteiger partial charge in [-0.2, -0.15) is 0 Å². The zero-order valence-electron chi connectivity index (χ0n) is 20.7. The number of benzene rings is 1. The predicted molar refractivity (Wildman–Crippen MR) is 143 cm³/mol. The maximum atomic E-state index is 12.8. The highest BCUT2D eigenvalue weighted by Crippen LogP contribution is 2.28. The quantitative estimate of drug-likeness (QED) is 0.188. The second kappa shape index (κ2) is 17.0. The Kier molecular flexibility index (Phi) is 14.3. The molecule has 1 aromatic carbocycles. The monoisotopic (exact) mass is 616 g/mol. The summed E-state index contributed by atoms with van der Waals surface area (Å²) in [6.07, 6.45) is 11.9. The lowest BCUT2D eigenvalue weighted by molar-refractivity contribution is -0.152. The van der Waals surface area contributed by atoms with Crippen LogP contribution in [0.25, 0.3) is 0 Å². The normalized spacial score (nSPS) is 15.6. The lowest BCUT2D eigenvalue weighted by Gasteiger charge is -2.34. The first-order valence-corrected chi connectivity index (χ1v) is 14.3. The molecule has 1 aromatic rings. The Morgan fingerprint density at radius 3 is 2.34 bits per heavy atom. The molecule has 2 amide bonds. The average molecular weight is 618 g/mol. The van der Waals surface area contributed by atoms with Crippen LogP contribution in [0.5, 0.6) is 5.75 Å². The topological polar surface area (TPSA) is 84.9 Å². The lowest BCUT2D eigenvalue weighted by Crippen LogP contribution is -2.58. The van der Waals surface area contributed by atoms with Crippen LogP contribution >= 0.6 is 31.9 Å². The maximum Gasteiger partial charge on any atom is 0.308 e.